The van der Waals surface area contributed by atoms with Gasteiger partial charge >= 0.3 is 0 Å². The number of aryl methyl sites for hydroxylation is 1. The van der Waals surface area contributed by atoms with E-state index in [2.05, 4.69) is 21.5 Å². The zero-order valence-electron chi connectivity index (χ0n) is 15.4. The first kappa shape index (κ1) is 19.1. The maximum Gasteiger partial charge on any atom is 0.263 e. The predicted molar refractivity (Wildman–Crippen MR) is 104 cm³/mol. The van der Waals surface area contributed by atoms with Crippen LogP contribution in [0.4, 0.5) is 5.13 Å². The van der Waals surface area contributed by atoms with E-state index in [4.69, 9.17) is 4.74 Å². The fraction of sp³-hybridized carbons (Fsp3) is 0.500. The number of nitrogens with one attached hydrogen (secondary N) is 1. The number of benzene rings is 1. The van der Waals surface area contributed by atoms with E-state index in [0.717, 1.165) is 36.1 Å². The van der Waals surface area contributed by atoms with Crippen LogP contribution in [0.5, 0.6) is 5.75 Å². The number of methoxy groups -OCH3 is 1. The number of hydrogen-bond acceptors (Lipinski definition) is 6. The second-order valence-electron chi connectivity index (χ2n) is 6.77. The number of aromatic nitrogens is 1. The van der Waals surface area contributed by atoms with Gasteiger partial charge in [-0.05, 0) is 63.0 Å². The van der Waals surface area contributed by atoms with Gasteiger partial charge in [0.05, 0.1) is 17.7 Å². The van der Waals surface area contributed by atoms with Crippen molar-refractivity contribution in [1.29, 1.82) is 0 Å². The van der Waals surface area contributed by atoms with E-state index in [1.807, 2.05) is 6.92 Å². The van der Waals surface area contributed by atoms with E-state index < -0.39 is 10.0 Å². The largest absolute Gasteiger partial charge is 0.497 e. The number of nitrogens with zero attached hydrogens (tertiary/aromatic N) is 2. The third-order valence-electron chi connectivity index (χ3n) is 4.73. The van der Waals surface area contributed by atoms with E-state index in [-0.39, 0.29) is 4.90 Å². The van der Waals surface area contributed by atoms with Crippen LogP contribution in [0.15, 0.2) is 29.2 Å². The molecule has 0 radical (unpaired) electrons. The van der Waals surface area contributed by atoms with Crippen molar-refractivity contribution in [1.82, 2.24) is 9.88 Å². The van der Waals surface area contributed by atoms with Gasteiger partial charge in [0, 0.05) is 11.4 Å². The van der Waals surface area contributed by atoms with Crippen molar-refractivity contribution in [3.8, 4) is 5.75 Å². The molecular formula is C18H25N3O3S2. The molecule has 142 valence electrons. The number of sulfonamides is 1. The molecule has 2 heterocycles. The third kappa shape index (κ3) is 4.55. The molecule has 0 bridgehead atoms. The van der Waals surface area contributed by atoms with Crippen LogP contribution in [0.25, 0.3) is 0 Å². The average Bonchev–Trinajstić information content (AvgIpc) is 2.95. The first-order valence-corrected chi connectivity index (χ1v) is 11.0. The Kier molecular flexibility index (Phi) is 5.84. The standard InChI is InChI=1S/C18H25N3O3S2/c1-13-8-10-21(11-9-13)12-17-14(2)19-18(25-17)20-26(22,23)16-6-4-15(24-3)5-7-16/h4-7,13H,8-12H2,1-3H3,(H,19,20). The normalized spacial score (nSPS) is 16.6. The van der Waals surface area contributed by atoms with Gasteiger partial charge in [-0.3, -0.25) is 9.62 Å². The number of anilines is 1. The molecule has 0 saturated carbocycles. The van der Waals surface area contributed by atoms with E-state index in [0.29, 0.717) is 10.9 Å². The Morgan fingerprint density at radius 2 is 1.92 bits per heavy atom. The van der Waals surface area contributed by atoms with E-state index in [9.17, 15) is 8.42 Å². The molecule has 0 amide bonds. The molecular weight excluding hydrogens is 370 g/mol. The monoisotopic (exact) mass is 395 g/mol. The Labute approximate surface area is 159 Å². The summed E-state index contributed by atoms with van der Waals surface area (Å²) in [7, 11) is -2.11. The van der Waals surface area contributed by atoms with Crippen molar-refractivity contribution in [2.45, 2.75) is 38.1 Å². The number of hydrogen-bond donors (Lipinski definition) is 1. The van der Waals surface area contributed by atoms with Crippen molar-refractivity contribution >= 4 is 26.5 Å². The molecule has 3 rings (SSSR count). The summed E-state index contributed by atoms with van der Waals surface area (Å²) in [4.78, 5) is 8.14. The zero-order chi connectivity index (χ0) is 18.7. The van der Waals surface area contributed by atoms with Crippen LogP contribution in [0, 0.1) is 12.8 Å². The minimum Gasteiger partial charge on any atom is -0.497 e. The van der Waals surface area contributed by atoms with Crippen LogP contribution < -0.4 is 9.46 Å². The van der Waals surface area contributed by atoms with Crippen molar-refractivity contribution in [3.05, 3.63) is 34.8 Å². The minimum absolute atomic E-state index is 0.192. The number of likely N-dealkylation sites (tertiary alicyclic amines) is 1. The highest BCUT2D eigenvalue weighted by molar-refractivity contribution is 7.93. The van der Waals surface area contributed by atoms with E-state index >= 15 is 0 Å². The smallest absolute Gasteiger partial charge is 0.263 e. The summed E-state index contributed by atoms with van der Waals surface area (Å²) in [6.45, 7) is 7.24. The molecule has 1 aliphatic rings. The van der Waals surface area contributed by atoms with Crippen LogP contribution >= 0.6 is 11.3 Å². The lowest BCUT2D eigenvalue weighted by Crippen LogP contribution is -2.32. The van der Waals surface area contributed by atoms with E-state index in [1.54, 1.807) is 19.2 Å². The molecule has 1 fully saturated rings. The molecule has 1 aromatic carbocycles. The van der Waals surface area contributed by atoms with Gasteiger partial charge in [0.1, 0.15) is 5.75 Å². The van der Waals surface area contributed by atoms with Gasteiger partial charge in [-0.25, -0.2) is 13.4 Å². The number of ether oxygens (including phenoxy) is 1. The fourth-order valence-corrected chi connectivity index (χ4v) is 5.21. The Bertz CT molecular complexity index is 839. The highest BCUT2D eigenvalue weighted by atomic mass is 32.2. The van der Waals surface area contributed by atoms with Crippen molar-refractivity contribution in [2.75, 3.05) is 24.9 Å². The lowest BCUT2D eigenvalue weighted by atomic mass is 9.99. The summed E-state index contributed by atoms with van der Waals surface area (Å²) in [6.07, 6.45) is 2.43. The Balaban J connectivity index is 1.69. The van der Waals surface area contributed by atoms with Crippen molar-refractivity contribution in [2.24, 2.45) is 5.92 Å². The Morgan fingerprint density at radius 3 is 2.54 bits per heavy atom. The summed E-state index contributed by atoms with van der Waals surface area (Å²) >= 11 is 1.42. The molecule has 1 N–H and O–H groups in total. The lowest BCUT2D eigenvalue weighted by molar-refractivity contribution is 0.186. The van der Waals surface area contributed by atoms with Gasteiger partial charge in [-0.15, -0.1) is 0 Å². The van der Waals surface area contributed by atoms with Crippen LogP contribution in [0.3, 0.4) is 0 Å². The SMILES string of the molecule is COc1ccc(S(=O)(=O)Nc2nc(C)c(CN3CCC(C)CC3)s2)cc1. The molecule has 1 aliphatic heterocycles. The fourth-order valence-electron chi connectivity index (χ4n) is 2.97. The van der Waals surface area contributed by atoms with Crippen LogP contribution in [-0.4, -0.2) is 38.5 Å². The Hall–Kier alpha value is -1.64. The molecule has 26 heavy (non-hydrogen) atoms. The molecule has 6 nitrogen and oxygen atoms in total. The first-order valence-electron chi connectivity index (χ1n) is 8.73. The number of thiazole rings is 1. The van der Waals surface area contributed by atoms with Gasteiger partial charge in [0.25, 0.3) is 10.0 Å². The topological polar surface area (TPSA) is 71.5 Å². The molecule has 0 unspecified atom stereocenters. The lowest BCUT2D eigenvalue weighted by Gasteiger charge is -2.29. The quantitative estimate of drug-likeness (QED) is 0.811. The summed E-state index contributed by atoms with van der Waals surface area (Å²) in [5.41, 5.74) is 0.890. The van der Waals surface area contributed by atoms with E-state index in [1.165, 1.54) is 36.3 Å². The molecule has 0 aliphatic carbocycles. The van der Waals surface area contributed by atoms with Gasteiger partial charge in [-0.1, -0.05) is 18.3 Å². The number of piperidine rings is 1. The summed E-state index contributed by atoms with van der Waals surface area (Å²) in [5, 5.41) is 0.415. The van der Waals surface area contributed by atoms with Crippen LogP contribution in [0.1, 0.15) is 30.3 Å². The molecule has 1 saturated heterocycles. The predicted octanol–water partition coefficient (Wildman–Crippen LogP) is 3.49. The van der Waals surface area contributed by atoms with Gasteiger partial charge in [0.2, 0.25) is 0 Å². The summed E-state index contributed by atoms with van der Waals surface area (Å²) in [6, 6.07) is 6.31. The van der Waals surface area contributed by atoms with Crippen LogP contribution in [0.2, 0.25) is 0 Å². The molecule has 0 atom stereocenters. The highest BCUT2D eigenvalue weighted by Crippen LogP contribution is 2.28. The third-order valence-corrected chi connectivity index (χ3v) is 7.27. The summed E-state index contributed by atoms with van der Waals surface area (Å²) < 4.78 is 32.8. The maximum atomic E-state index is 12.6. The minimum atomic E-state index is -3.65. The second kappa shape index (κ2) is 7.94. The number of rotatable bonds is 6. The molecule has 8 heteroatoms. The molecule has 1 aromatic heterocycles. The first-order chi connectivity index (χ1) is 12.4. The average molecular weight is 396 g/mol. The maximum absolute atomic E-state index is 12.6. The summed E-state index contributed by atoms with van der Waals surface area (Å²) in [5.74, 6) is 1.41. The van der Waals surface area contributed by atoms with Gasteiger partial charge in [-0.2, -0.15) is 0 Å². The highest BCUT2D eigenvalue weighted by Gasteiger charge is 2.20. The second-order valence-corrected chi connectivity index (χ2v) is 9.53. The van der Waals surface area contributed by atoms with Crippen molar-refractivity contribution < 1.29 is 13.2 Å². The molecule has 2 aromatic rings. The van der Waals surface area contributed by atoms with Gasteiger partial charge < -0.3 is 4.74 Å². The van der Waals surface area contributed by atoms with Gasteiger partial charge in [0.15, 0.2) is 5.13 Å². The molecule has 0 spiro atoms. The zero-order valence-corrected chi connectivity index (χ0v) is 17.0. The Morgan fingerprint density at radius 1 is 1.27 bits per heavy atom. The van der Waals surface area contributed by atoms with Crippen molar-refractivity contribution in [3.63, 3.8) is 0 Å². The van der Waals surface area contributed by atoms with Crippen LogP contribution in [-0.2, 0) is 16.6 Å².